The van der Waals surface area contributed by atoms with Crippen molar-refractivity contribution in [3.63, 3.8) is 0 Å². The third-order valence-electron chi connectivity index (χ3n) is 3.67. The van der Waals surface area contributed by atoms with Crippen LogP contribution in [0.3, 0.4) is 0 Å². The number of hydrogen-bond donors (Lipinski definition) is 2. The Balaban J connectivity index is 2.34. The number of nitrogens with zero attached hydrogens (tertiary/aromatic N) is 3. The quantitative estimate of drug-likeness (QED) is 0.764. The first-order valence-electron chi connectivity index (χ1n) is 7.69. The number of aromatic nitrogens is 2. The van der Waals surface area contributed by atoms with Gasteiger partial charge >= 0.3 is 0 Å². The Labute approximate surface area is 121 Å². The molecule has 5 nitrogen and oxygen atoms in total. The second kappa shape index (κ2) is 6.88. The Kier molecular flexibility index (Phi) is 5.17. The number of rotatable bonds is 8. The second-order valence-electron chi connectivity index (χ2n) is 5.38. The van der Waals surface area contributed by atoms with Crippen molar-refractivity contribution < 1.29 is 5.11 Å². The zero-order valence-electron chi connectivity index (χ0n) is 12.8. The summed E-state index contributed by atoms with van der Waals surface area (Å²) >= 11 is 0. The van der Waals surface area contributed by atoms with Gasteiger partial charge in [0, 0.05) is 31.1 Å². The first kappa shape index (κ1) is 15.0. The summed E-state index contributed by atoms with van der Waals surface area (Å²) in [5, 5.41) is 12.6. The van der Waals surface area contributed by atoms with Gasteiger partial charge in [-0.15, -0.1) is 0 Å². The molecule has 20 heavy (non-hydrogen) atoms. The van der Waals surface area contributed by atoms with E-state index in [4.69, 9.17) is 9.97 Å². The standard InChI is InChI=1S/C15H26N4O/c1-4-8-16-13-11(3)15(19(5-2)9-10-20)18-14(17-13)12-6-7-12/h12,20H,4-10H2,1-3H3,(H,16,17,18). The Morgan fingerprint density at radius 2 is 2.05 bits per heavy atom. The minimum atomic E-state index is 0.147. The SMILES string of the molecule is CCCNc1nc(C2CC2)nc(N(CC)CCO)c1C. The van der Waals surface area contributed by atoms with E-state index in [2.05, 4.69) is 31.0 Å². The number of likely N-dealkylation sites (N-methyl/N-ethyl adjacent to an activating group) is 1. The summed E-state index contributed by atoms with van der Waals surface area (Å²) in [5.41, 5.74) is 1.08. The van der Waals surface area contributed by atoms with Gasteiger partial charge in [0.05, 0.1) is 6.61 Å². The Morgan fingerprint density at radius 3 is 2.60 bits per heavy atom. The van der Waals surface area contributed by atoms with Crippen LogP contribution in [0, 0.1) is 6.92 Å². The van der Waals surface area contributed by atoms with Gasteiger partial charge in [0.2, 0.25) is 0 Å². The predicted octanol–water partition coefficient (Wildman–Crippen LogP) is 2.30. The maximum absolute atomic E-state index is 9.22. The highest BCUT2D eigenvalue weighted by atomic mass is 16.3. The third kappa shape index (κ3) is 3.39. The van der Waals surface area contributed by atoms with Gasteiger partial charge in [-0.05, 0) is 33.1 Å². The molecule has 1 fully saturated rings. The monoisotopic (exact) mass is 278 g/mol. The van der Waals surface area contributed by atoms with Crippen molar-refractivity contribution in [2.45, 2.75) is 46.0 Å². The van der Waals surface area contributed by atoms with Crippen LogP contribution in [0.5, 0.6) is 0 Å². The van der Waals surface area contributed by atoms with Crippen molar-refractivity contribution >= 4 is 11.6 Å². The number of hydrogen-bond acceptors (Lipinski definition) is 5. The molecule has 1 heterocycles. The van der Waals surface area contributed by atoms with Crippen LogP contribution in [-0.2, 0) is 0 Å². The first-order chi connectivity index (χ1) is 9.71. The molecule has 2 N–H and O–H groups in total. The van der Waals surface area contributed by atoms with E-state index in [1.807, 2.05) is 0 Å². The van der Waals surface area contributed by atoms with Crippen molar-refractivity contribution in [3.8, 4) is 0 Å². The van der Waals surface area contributed by atoms with Crippen LogP contribution >= 0.6 is 0 Å². The van der Waals surface area contributed by atoms with Crippen LogP contribution in [0.1, 0.15) is 50.4 Å². The largest absolute Gasteiger partial charge is 0.395 e. The molecule has 1 aliphatic rings. The lowest BCUT2D eigenvalue weighted by atomic mass is 10.2. The molecule has 1 aromatic heterocycles. The van der Waals surface area contributed by atoms with E-state index >= 15 is 0 Å². The molecule has 0 radical (unpaired) electrons. The molecule has 0 atom stereocenters. The van der Waals surface area contributed by atoms with Crippen molar-refractivity contribution in [3.05, 3.63) is 11.4 Å². The fraction of sp³-hybridized carbons (Fsp3) is 0.733. The van der Waals surface area contributed by atoms with Crippen molar-refractivity contribution in [1.29, 1.82) is 0 Å². The summed E-state index contributed by atoms with van der Waals surface area (Å²) < 4.78 is 0. The van der Waals surface area contributed by atoms with Crippen molar-refractivity contribution in [2.24, 2.45) is 0 Å². The maximum Gasteiger partial charge on any atom is 0.137 e. The van der Waals surface area contributed by atoms with Crippen LogP contribution in [0.15, 0.2) is 0 Å². The zero-order chi connectivity index (χ0) is 14.5. The van der Waals surface area contributed by atoms with Gasteiger partial charge in [0.25, 0.3) is 0 Å². The highest BCUT2D eigenvalue weighted by Crippen LogP contribution is 2.40. The second-order valence-corrected chi connectivity index (χ2v) is 5.38. The molecular weight excluding hydrogens is 252 g/mol. The highest BCUT2D eigenvalue weighted by molar-refractivity contribution is 5.59. The summed E-state index contributed by atoms with van der Waals surface area (Å²) in [6, 6.07) is 0. The summed E-state index contributed by atoms with van der Waals surface area (Å²) in [7, 11) is 0. The molecule has 2 rings (SSSR count). The molecule has 0 unspecified atom stereocenters. The number of aliphatic hydroxyl groups is 1. The molecule has 0 aromatic carbocycles. The Hall–Kier alpha value is -1.36. The third-order valence-corrected chi connectivity index (χ3v) is 3.67. The molecule has 1 aliphatic carbocycles. The Morgan fingerprint density at radius 1 is 1.30 bits per heavy atom. The van der Waals surface area contributed by atoms with Crippen molar-refractivity contribution in [1.82, 2.24) is 9.97 Å². The summed E-state index contributed by atoms with van der Waals surface area (Å²) in [4.78, 5) is 11.6. The predicted molar refractivity (Wildman–Crippen MR) is 82.5 cm³/mol. The average Bonchev–Trinajstić information content (AvgIpc) is 3.28. The highest BCUT2D eigenvalue weighted by Gasteiger charge is 2.28. The van der Waals surface area contributed by atoms with Crippen LogP contribution in [0.2, 0.25) is 0 Å². The first-order valence-corrected chi connectivity index (χ1v) is 7.69. The van der Waals surface area contributed by atoms with Gasteiger partial charge < -0.3 is 15.3 Å². The topological polar surface area (TPSA) is 61.3 Å². The zero-order valence-corrected chi connectivity index (χ0v) is 12.8. The van der Waals surface area contributed by atoms with Gasteiger partial charge in [-0.2, -0.15) is 0 Å². The number of nitrogens with one attached hydrogen (secondary N) is 1. The normalized spacial score (nSPS) is 14.4. The fourth-order valence-electron chi connectivity index (χ4n) is 2.30. The molecule has 112 valence electrons. The van der Waals surface area contributed by atoms with Gasteiger partial charge in [-0.25, -0.2) is 9.97 Å². The molecule has 1 saturated carbocycles. The lowest BCUT2D eigenvalue weighted by Gasteiger charge is -2.24. The molecule has 0 spiro atoms. The number of aliphatic hydroxyl groups excluding tert-OH is 1. The smallest absolute Gasteiger partial charge is 0.137 e. The van der Waals surface area contributed by atoms with Crippen LogP contribution in [0.25, 0.3) is 0 Å². The van der Waals surface area contributed by atoms with Gasteiger partial charge in [-0.1, -0.05) is 6.92 Å². The molecular formula is C15H26N4O. The van der Waals surface area contributed by atoms with E-state index < -0.39 is 0 Å². The Bertz CT molecular complexity index is 446. The van der Waals surface area contributed by atoms with E-state index in [0.29, 0.717) is 12.5 Å². The van der Waals surface area contributed by atoms with E-state index in [-0.39, 0.29) is 6.61 Å². The molecule has 5 heteroatoms. The van der Waals surface area contributed by atoms with E-state index in [9.17, 15) is 5.11 Å². The van der Waals surface area contributed by atoms with E-state index in [1.54, 1.807) is 0 Å². The molecule has 0 aliphatic heterocycles. The lowest BCUT2D eigenvalue weighted by Crippen LogP contribution is -2.28. The van der Waals surface area contributed by atoms with Gasteiger partial charge in [-0.3, -0.25) is 0 Å². The van der Waals surface area contributed by atoms with E-state index in [1.165, 1.54) is 12.8 Å². The molecule has 0 saturated heterocycles. The summed E-state index contributed by atoms with van der Waals surface area (Å²) in [6.45, 7) is 8.83. The fourth-order valence-corrected chi connectivity index (χ4v) is 2.30. The van der Waals surface area contributed by atoms with Crippen molar-refractivity contribution in [2.75, 3.05) is 36.5 Å². The van der Waals surface area contributed by atoms with Crippen LogP contribution < -0.4 is 10.2 Å². The number of anilines is 2. The van der Waals surface area contributed by atoms with Crippen LogP contribution in [-0.4, -0.2) is 41.3 Å². The van der Waals surface area contributed by atoms with E-state index in [0.717, 1.165) is 42.5 Å². The van der Waals surface area contributed by atoms with Gasteiger partial charge in [0.15, 0.2) is 0 Å². The molecule has 1 aromatic rings. The molecule has 0 amide bonds. The lowest BCUT2D eigenvalue weighted by molar-refractivity contribution is 0.302. The van der Waals surface area contributed by atoms with Gasteiger partial charge in [0.1, 0.15) is 17.5 Å². The summed E-state index contributed by atoms with van der Waals surface area (Å²) in [6.07, 6.45) is 3.47. The minimum Gasteiger partial charge on any atom is -0.395 e. The summed E-state index contributed by atoms with van der Waals surface area (Å²) in [5.74, 6) is 3.41. The molecule has 0 bridgehead atoms. The van der Waals surface area contributed by atoms with Crippen LogP contribution in [0.4, 0.5) is 11.6 Å². The minimum absolute atomic E-state index is 0.147. The maximum atomic E-state index is 9.22. The average molecular weight is 278 g/mol.